The molecule has 0 bridgehead atoms. The van der Waals surface area contributed by atoms with Crippen LogP contribution in [-0.2, 0) is 11.2 Å². The van der Waals surface area contributed by atoms with Gasteiger partial charge in [-0.25, -0.2) is 4.39 Å². The molecule has 138 valence electrons. The number of hydrogen-bond acceptors (Lipinski definition) is 3. The maximum Gasteiger partial charge on any atom is 0.227 e. The lowest BCUT2D eigenvalue weighted by Gasteiger charge is -2.36. The number of carbonyl (C=O) groups is 1. The van der Waals surface area contributed by atoms with Gasteiger partial charge in [0.15, 0.2) is 0 Å². The molecule has 2 aromatic heterocycles. The molecule has 1 N–H and O–H groups in total. The lowest BCUT2D eigenvalue weighted by molar-refractivity contribution is -0.134. The van der Waals surface area contributed by atoms with Gasteiger partial charge in [0, 0.05) is 24.5 Å². The molecule has 1 aromatic carbocycles. The van der Waals surface area contributed by atoms with Crippen LogP contribution in [-0.4, -0.2) is 32.5 Å². The number of H-pyrrole nitrogens is 1. The maximum atomic E-state index is 14.0. The van der Waals surface area contributed by atoms with Crippen molar-refractivity contribution in [2.45, 2.75) is 31.7 Å². The molecular formula is C21H21FN4O. The van der Waals surface area contributed by atoms with E-state index in [1.165, 1.54) is 6.07 Å². The predicted octanol–water partition coefficient (Wildman–Crippen LogP) is 3.91. The highest BCUT2D eigenvalue weighted by atomic mass is 19.1. The van der Waals surface area contributed by atoms with E-state index in [-0.39, 0.29) is 24.2 Å². The zero-order valence-corrected chi connectivity index (χ0v) is 14.9. The Morgan fingerprint density at radius 1 is 1.19 bits per heavy atom. The highest BCUT2D eigenvalue weighted by Crippen LogP contribution is 2.35. The van der Waals surface area contributed by atoms with Crippen molar-refractivity contribution in [3.63, 3.8) is 0 Å². The highest BCUT2D eigenvalue weighted by Gasteiger charge is 2.31. The van der Waals surface area contributed by atoms with Crippen molar-refractivity contribution < 1.29 is 9.18 Å². The Morgan fingerprint density at radius 2 is 2.00 bits per heavy atom. The first kappa shape index (κ1) is 17.4. The topological polar surface area (TPSA) is 61.9 Å². The van der Waals surface area contributed by atoms with Crippen LogP contribution >= 0.6 is 0 Å². The first-order valence-electron chi connectivity index (χ1n) is 9.20. The van der Waals surface area contributed by atoms with Crippen LogP contribution in [0.1, 0.15) is 36.6 Å². The molecule has 0 radical (unpaired) electrons. The van der Waals surface area contributed by atoms with Crippen molar-refractivity contribution in [3.8, 4) is 11.1 Å². The molecule has 27 heavy (non-hydrogen) atoms. The molecule has 4 rings (SSSR count). The van der Waals surface area contributed by atoms with E-state index in [1.807, 2.05) is 17.0 Å². The first-order chi connectivity index (χ1) is 13.2. The van der Waals surface area contributed by atoms with Crippen LogP contribution in [0.25, 0.3) is 11.1 Å². The summed E-state index contributed by atoms with van der Waals surface area (Å²) in [6.07, 6.45) is 8.22. The number of rotatable bonds is 4. The standard InChI is InChI=1S/C21H21FN4O/c22-18-6-2-1-5-16(18)13-20(27)26-12-4-3-7-19(26)21-17(14-24-25-21)15-8-10-23-11-9-15/h1-2,5-6,8-11,14,19H,3-4,7,12-13H2,(H,24,25)/t19-/m0/s1. The van der Waals surface area contributed by atoms with Gasteiger partial charge in [-0.1, -0.05) is 18.2 Å². The van der Waals surface area contributed by atoms with E-state index in [9.17, 15) is 9.18 Å². The van der Waals surface area contributed by atoms with Gasteiger partial charge in [-0.05, 0) is 48.6 Å². The Labute approximate surface area is 157 Å². The van der Waals surface area contributed by atoms with Gasteiger partial charge in [-0.2, -0.15) is 5.10 Å². The highest BCUT2D eigenvalue weighted by molar-refractivity contribution is 5.80. The second-order valence-corrected chi connectivity index (χ2v) is 6.80. The fourth-order valence-electron chi connectivity index (χ4n) is 3.75. The van der Waals surface area contributed by atoms with Gasteiger partial charge < -0.3 is 4.90 Å². The third kappa shape index (κ3) is 3.60. The number of piperidine rings is 1. The van der Waals surface area contributed by atoms with E-state index < -0.39 is 0 Å². The Kier molecular flexibility index (Phi) is 4.96. The maximum absolute atomic E-state index is 14.0. The molecule has 1 aliphatic heterocycles. The van der Waals surface area contributed by atoms with Crippen LogP contribution in [0.5, 0.6) is 0 Å². The van der Waals surface area contributed by atoms with Crippen LogP contribution in [0.15, 0.2) is 55.0 Å². The summed E-state index contributed by atoms with van der Waals surface area (Å²) in [6.45, 7) is 0.673. The van der Waals surface area contributed by atoms with Gasteiger partial charge >= 0.3 is 0 Å². The second kappa shape index (κ2) is 7.70. The van der Waals surface area contributed by atoms with Gasteiger partial charge in [-0.3, -0.25) is 14.9 Å². The van der Waals surface area contributed by atoms with Crippen LogP contribution in [0.4, 0.5) is 4.39 Å². The summed E-state index contributed by atoms with van der Waals surface area (Å²) in [5.41, 5.74) is 3.36. The van der Waals surface area contributed by atoms with Crippen LogP contribution in [0.3, 0.4) is 0 Å². The summed E-state index contributed by atoms with van der Waals surface area (Å²) in [6, 6.07) is 10.3. The number of aromatic amines is 1. The minimum absolute atomic E-state index is 0.0555. The van der Waals surface area contributed by atoms with Gasteiger partial charge in [0.25, 0.3) is 0 Å². The Hall–Kier alpha value is -3.02. The number of amides is 1. The Bertz CT molecular complexity index is 925. The van der Waals surface area contributed by atoms with Gasteiger partial charge in [0.1, 0.15) is 5.82 Å². The lowest BCUT2D eigenvalue weighted by atomic mass is 9.94. The third-order valence-electron chi connectivity index (χ3n) is 5.12. The fraction of sp³-hybridized carbons (Fsp3) is 0.286. The van der Waals surface area contributed by atoms with E-state index in [4.69, 9.17) is 0 Å². The molecular weight excluding hydrogens is 343 g/mol. The van der Waals surface area contributed by atoms with E-state index in [1.54, 1.807) is 36.8 Å². The predicted molar refractivity (Wildman–Crippen MR) is 100 cm³/mol. The number of pyridine rings is 1. The zero-order valence-electron chi connectivity index (χ0n) is 14.9. The van der Waals surface area contributed by atoms with Gasteiger partial charge in [0.2, 0.25) is 5.91 Å². The molecule has 0 aliphatic carbocycles. The van der Waals surface area contributed by atoms with Crippen molar-refractivity contribution in [2.75, 3.05) is 6.54 Å². The number of likely N-dealkylation sites (tertiary alicyclic amines) is 1. The second-order valence-electron chi connectivity index (χ2n) is 6.80. The molecule has 1 amide bonds. The van der Waals surface area contributed by atoms with E-state index >= 15 is 0 Å². The molecule has 0 spiro atoms. The van der Waals surface area contributed by atoms with Crippen molar-refractivity contribution in [1.29, 1.82) is 0 Å². The van der Waals surface area contributed by atoms with Crippen molar-refractivity contribution >= 4 is 5.91 Å². The summed E-state index contributed by atoms with van der Waals surface area (Å²) < 4.78 is 14.0. The number of nitrogens with zero attached hydrogens (tertiary/aromatic N) is 3. The quantitative estimate of drug-likeness (QED) is 0.764. The summed E-state index contributed by atoms with van der Waals surface area (Å²) in [4.78, 5) is 18.9. The number of aromatic nitrogens is 3. The minimum Gasteiger partial charge on any atom is -0.334 e. The fourth-order valence-corrected chi connectivity index (χ4v) is 3.75. The van der Waals surface area contributed by atoms with E-state index in [0.29, 0.717) is 12.1 Å². The average molecular weight is 364 g/mol. The Balaban J connectivity index is 1.61. The normalized spacial score (nSPS) is 17.1. The molecule has 0 saturated carbocycles. The van der Waals surface area contributed by atoms with Crippen LogP contribution in [0.2, 0.25) is 0 Å². The first-order valence-corrected chi connectivity index (χ1v) is 9.20. The number of hydrogen-bond donors (Lipinski definition) is 1. The smallest absolute Gasteiger partial charge is 0.227 e. The monoisotopic (exact) mass is 364 g/mol. The lowest BCUT2D eigenvalue weighted by Crippen LogP contribution is -2.39. The van der Waals surface area contributed by atoms with E-state index in [2.05, 4.69) is 15.2 Å². The molecule has 3 aromatic rings. The molecule has 5 nitrogen and oxygen atoms in total. The summed E-state index contributed by atoms with van der Waals surface area (Å²) in [7, 11) is 0. The summed E-state index contributed by atoms with van der Waals surface area (Å²) >= 11 is 0. The van der Waals surface area contributed by atoms with Gasteiger partial charge in [-0.15, -0.1) is 0 Å². The van der Waals surface area contributed by atoms with Crippen molar-refractivity contribution in [2.24, 2.45) is 0 Å². The third-order valence-corrected chi connectivity index (χ3v) is 5.12. The number of benzene rings is 1. The molecule has 1 saturated heterocycles. The molecule has 6 heteroatoms. The Morgan fingerprint density at radius 3 is 2.81 bits per heavy atom. The molecule has 0 unspecified atom stereocenters. The number of nitrogens with one attached hydrogen (secondary N) is 1. The van der Waals surface area contributed by atoms with Crippen molar-refractivity contribution in [1.82, 2.24) is 20.1 Å². The number of halogens is 1. The minimum atomic E-state index is -0.335. The molecule has 1 aliphatic rings. The average Bonchev–Trinajstić information content (AvgIpc) is 3.20. The van der Waals surface area contributed by atoms with Gasteiger partial charge in [0.05, 0.1) is 24.4 Å². The molecule has 3 heterocycles. The number of carbonyl (C=O) groups excluding carboxylic acids is 1. The summed E-state index contributed by atoms with van der Waals surface area (Å²) in [5.74, 6) is -0.390. The SMILES string of the molecule is O=C(Cc1ccccc1F)N1CCCC[C@H]1c1[nH]ncc1-c1ccncc1. The molecule has 1 fully saturated rings. The van der Waals surface area contributed by atoms with Crippen molar-refractivity contribution in [3.05, 3.63) is 72.1 Å². The summed E-state index contributed by atoms with van der Waals surface area (Å²) in [5, 5.41) is 7.32. The van der Waals surface area contributed by atoms with Crippen LogP contribution in [0, 0.1) is 5.82 Å². The zero-order chi connectivity index (χ0) is 18.6. The largest absolute Gasteiger partial charge is 0.334 e. The van der Waals surface area contributed by atoms with Crippen LogP contribution < -0.4 is 0 Å². The molecule has 1 atom stereocenters. The van der Waals surface area contributed by atoms with E-state index in [0.717, 1.165) is 36.1 Å².